The summed E-state index contributed by atoms with van der Waals surface area (Å²) in [5.74, 6) is -0.835. The zero-order valence-electron chi connectivity index (χ0n) is 18.8. The average Bonchev–Trinajstić information content (AvgIpc) is 3.63. The molecule has 0 radical (unpaired) electrons. The summed E-state index contributed by atoms with van der Waals surface area (Å²) in [4.78, 5) is 30.1. The largest absolute Gasteiger partial charge is 0.349 e. The van der Waals surface area contributed by atoms with Gasteiger partial charge in [0.2, 0.25) is 0 Å². The number of carbonyl (C=O) groups excluding carboxylic acids is 1. The highest BCUT2D eigenvalue weighted by Crippen LogP contribution is 2.21. The fourth-order valence-corrected chi connectivity index (χ4v) is 3.87. The summed E-state index contributed by atoms with van der Waals surface area (Å²) < 4.78 is 15.6. The first-order valence-corrected chi connectivity index (χ1v) is 11.2. The highest BCUT2D eigenvalue weighted by atomic mass is 19.1. The van der Waals surface area contributed by atoms with E-state index in [-0.39, 0.29) is 35.1 Å². The normalized spacial score (nSPS) is 14.0. The number of nitrogens with one attached hydrogen (secondary N) is 2. The average molecular weight is 447 g/mol. The van der Waals surface area contributed by atoms with Gasteiger partial charge in [-0.3, -0.25) is 14.2 Å². The number of hydrogen-bond donors (Lipinski definition) is 2. The third kappa shape index (κ3) is 4.92. The fourth-order valence-electron chi connectivity index (χ4n) is 3.87. The molecule has 2 aromatic carbocycles. The van der Waals surface area contributed by atoms with Gasteiger partial charge in [-0.05, 0) is 61.9 Å². The molecule has 1 amide bonds. The van der Waals surface area contributed by atoms with Gasteiger partial charge in [0.1, 0.15) is 11.5 Å². The molecule has 0 saturated heterocycles. The molecule has 1 unspecified atom stereocenters. The van der Waals surface area contributed by atoms with Crippen molar-refractivity contribution in [3.63, 3.8) is 0 Å². The first-order valence-electron chi connectivity index (χ1n) is 11.2. The second kappa shape index (κ2) is 9.48. The highest BCUT2D eigenvalue weighted by molar-refractivity contribution is 5.98. The Morgan fingerprint density at radius 1 is 1.27 bits per heavy atom. The van der Waals surface area contributed by atoms with Crippen molar-refractivity contribution in [2.45, 2.75) is 45.6 Å². The Balaban J connectivity index is 1.66. The zero-order valence-corrected chi connectivity index (χ0v) is 18.8. The molecule has 1 aromatic heterocycles. The Hall–Kier alpha value is -3.61. The number of nitrogens with zero attached hydrogens (tertiary/aromatic N) is 2. The minimum atomic E-state index is -0.433. The molecular weight excluding hydrogens is 419 g/mol. The van der Waals surface area contributed by atoms with Crippen molar-refractivity contribution in [1.29, 1.82) is 5.41 Å². The number of benzene rings is 2. The summed E-state index contributed by atoms with van der Waals surface area (Å²) in [5.41, 5.74) is 2.07. The Bertz CT molecular complexity index is 1260. The van der Waals surface area contributed by atoms with Crippen LogP contribution in [0.1, 0.15) is 53.4 Å². The minimum absolute atomic E-state index is 0.0351. The van der Waals surface area contributed by atoms with Gasteiger partial charge in [0, 0.05) is 29.9 Å². The standard InChI is InChI=1S/C26H27FN4O2/c1-3-17(14-18-6-4-5-7-21(18)27)23(28)24-26(33)31(13-12-29-24)22-15-19(9-8-16(22)2)25(32)30-20-10-11-20/h4-9,12-13,15,17,20,28H,3,10-11,14H2,1-2H3,(H,30,32). The summed E-state index contributed by atoms with van der Waals surface area (Å²) in [6, 6.07) is 12.0. The molecule has 1 heterocycles. The van der Waals surface area contributed by atoms with Crippen molar-refractivity contribution < 1.29 is 9.18 Å². The molecule has 1 saturated carbocycles. The van der Waals surface area contributed by atoms with E-state index in [4.69, 9.17) is 5.41 Å². The number of carbonyl (C=O) groups is 1. The topological polar surface area (TPSA) is 87.8 Å². The lowest BCUT2D eigenvalue weighted by Crippen LogP contribution is -2.31. The fraction of sp³-hybridized carbons (Fsp3) is 0.308. The highest BCUT2D eigenvalue weighted by Gasteiger charge is 2.25. The Morgan fingerprint density at radius 2 is 2.03 bits per heavy atom. The van der Waals surface area contributed by atoms with Crippen molar-refractivity contribution in [3.05, 3.63) is 93.4 Å². The second-order valence-electron chi connectivity index (χ2n) is 8.51. The number of aryl methyl sites for hydroxylation is 1. The number of hydrogen-bond acceptors (Lipinski definition) is 4. The molecule has 0 spiro atoms. The van der Waals surface area contributed by atoms with Crippen LogP contribution in [0.5, 0.6) is 0 Å². The number of rotatable bonds is 8. The van der Waals surface area contributed by atoms with E-state index < -0.39 is 5.56 Å². The van der Waals surface area contributed by atoms with Gasteiger partial charge >= 0.3 is 0 Å². The van der Waals surface area contributed by atoms with Crippen molar-refractivity contribution in [2.24, 2.45) is 5.92 Å². The molecule has 1 fully saturated rings. The Labute approximate surface area is 192 Å². The van der Waals surface area contributed by atoms with E-state index in [1.54, 1.807) is 36.5 Å². The van der Waals surface area contributed by atoms with Gasteiger partial charge in [-0.25, -0.2) is 9.37 Å². The quantitative estimate of drug-likeness (QED) is 0.508. The molecule has 1 aliphatic rings. The lowest BCUT2D eigenvalue weighted by molar-refractivity contribution is 0.0951. The van der Waals surface area contributed by atoms with Crippen LogP contribution in [-0.4, -0.2) is 27.2 Å². The van der Waals surface area contributed by atoms with Crippen LogP contribution in [-0.2, 0) is 6.42 Å². The summed E-state index contributed by atoms with van der Waals surface area (Å²) in [7, 11) is 0. The summed E-state index contributed by atoms with van der Waals surface area (Å²) in [5, 5.41) is 11.7. The maximum atomic E-state index is 14.2. The predicted molar refractivity (Wildman–Crippen MR) is 126 cm³/mol. The molecule has 170 valence electrons. The lowest BCUT2D eigenvalue weighted by Gasteiger charge is -2.17. The summed E-state index contributed by atoms with van der Waals surface area (Å²) in [6.07, 6.45) is 5.89. The predicted octanol–water partition coefficient (Wildman–Crippen LogP) is 4.21. The molecule has 1 atom stereocenters. The Morgan fingerprint density at radius 3 is 2.73 bits per heavy atom. The van der Waals surface area contributed by atoms with Crippen LogP contribution in [0.4, 0.5) is 4.39 Å². The van der Waals surface area contributed by atoms with Crippen LogP contribution in [0.15, 0.2) is 59.7 Å². The molecule has 4 rings (SSSR count). The summed E-state index contributed by atoms with van der Waals surface area (Å²) >= 11 is 0. The lowest BCUT2D eigenvalue weighted by atomic mass is 9.90. The van der Waals surface area contributed by atoms with Crippen LogP contribution >= 0.6 is 0 Å². The molecule has 0 aliphatic heterocycles. The van der Waals surface area contributed by atoms with E-state index >= 15 is 0 Å². The van der Waals surface area contributed by atoms with E-state index in [0.717, 1.165) is 18.4 Å². The minimum Gasteiger partial charge on any atom is -0.349 e. The smallest absolute Gasteiger partial charge is 0.282 e. The first-order chi connectivity index (χ1) is 15.9. The zero-order chi connectivity index (χ0) is 23.5. The molecule has 33 heavy (non-hydrogen) atoms. The van der Waals surface area contributed by atoms with Crippen molar-refractivity contribution >= 4 is 11.6 Å². The van der Waals surface area contributed by atoms with Gasteiger partial charge in [0.25, 0.3) is 11.5 Å². The van der Waals surface area contributed by atoms with Crippen molar-refractivity contribution in [2.75, 3.05) is 0 Å². The molecular formula is C26H27FN4O2. The van der Waals surface area contributed by atoms with Crippen molar-refractivity contribution in [1.82, 2.24) is 14.9 Å². The van der Waals surface area contributed by atoms with E-state index in [9.17, 15) is 14.0 Å². The van der Waals surface area contributed by atoms with Gasteiger partial charge in [-0.15, -0.1) is 0 Å². The second-order valence-corrected chi connectivity index (χ2v) is 8.51. The van der Waals surface area contributed by atoms with Crippen LogP contribution < -0.4 is 10.9 Å². The summed E-state index contributed by atoms with van der Waals surface area (Å²) in [6.45, 7) is 3.77. The van der Waals surface area contributed by atoms with Gasteiger partial charge < -0.3 is 10.7 Å². The molecule has 2 N–H and O–H groups in total. The van der Waals surface area contributed by atoms with Crippen LogP contribution in [0, 0.1) is 24.1 Å². The van der Waals surface area contributed by atoms with E-state index in [1.165, 1.54) is 16.8 Å². The molecule has 0 bridgehead atoms. The molecule has 6 nitrogen and oxygen atoms in total. The van der Waals surface area contributed by atoms with Gasteiger partial charge in [0.15, 0.2) is 0 Å². The first kappa shape index (κ1) is 22.6. The Kier molecular flexibility index (Phi) is 6.49. The van der Waals surface area contributed by atoms with Gasteiger partial charge in [-0.2, -0.15) is 0 Å². The van der Waals surface area contributed by atoms with E-state index in [0.29, 0.717) is 29.7 Å². The maximum Gasteiger partial charge on any atom is 0.282 e. The van der Waals surface area contributed by atoms with Gasteiger partial charge in [0.05, 0.1) is 11.4 Å². The van der Waals surface area contributed by atoms with Crippen molar-refractivity contribution in [3.8, 4) is 5.69 Å². The third-order valence-corrected chi connectivity index (χ3v) is 6.06. The monoisotopic (exact) mass is 446 g/mol. The maximum absolute atomic E-state index is 14.2. The van der Waals surface area contributed by atoms with Gasteiger partial charge in [-0.1, -0.05) is 31.2 Å². The number of halogens is 1. The number of amides is 1. The van der Waals surface area contributed by atoms with Crippen LogP contribution in [0.25, 0.3) is 5.69 Å². The van der Waals surface area contributed by atoms with Crippen LogP contribution in [0.3, 0.4) is 0 Å². The number of aromatic nitrogens is 2. The SMILES string of the molecule is CCC(Cc1ccccc1F)C(=N)c1nccn(-c2cc(C(=O)NC3CC3)ccc2C)c1=O. The molecule has 3 aromatic rings. The van der Waals surface area contributed by atoms with Crippen LogP contribution in [0.2, 0.25) is 0 Å². The molecule has 1 aliphatic carbocycles. The van der Waals surface area contributed by atoms with E-state index in [2.05, 4.69) is 10.3 Å². The molecule has 7 heteroatoms. The van der Waals surface area contributed by atoms with E-state index in [1.807, 2.05) is 19.9 Å². The third-order valence-electron chi connectivity index (χ3n) is 6.06.